The Hall–Kier alpha value is -0.0800. The van der Waals surface area contributed by atoms with Crippen molar-refractivity contribution >= 4 is 0 Å². The zero-order valence-electron chi connectivity index (χ0n) is 8.08. The molecule has 0 spiro atoms. The molecule has 0 amide bonds. The van der Waals surface area contributed by atoms with E-state index >= 15 is 0 Å². The van der Waals surface area contributed by atoms with Crippen molar-refractivity contribution in [1.29, 1.82) is 0 Å². The molecular formula is C10H19NO. The fourth-order valence-corrected chi connectivity index (χ4v) is 2.77. The zero-order chi connectivity index (χ0) is 8.77. The van der Waals surface area contributed by atoms with E-state index < -0.39 is 0 Å². The highest BCUT2D eigenvalue weighted by molar-refractivity contribution is 5.05. The number of hydrogen-bond acceptors (Lipinski definition) is 2. The van der Waals surface area contributed by atoms with Gasteiger partial charge in [0.1, 0.15) is 0 Å². The SMILES string of the molecule is CCC1(C2CC(O)CN2C)CC1. The molecular weight excluding hydrogens is 150 g/mol. The third kappa shape index (κ3) is 1.17. The lowest BCUT2D eigenvalue weighted by Gasteiger charge is -2.27. The molecule has 1 N–H and O–H groups in total. The van der Waals surface area contributed by atoms with E-state index in [2.05, 4.69) is 18.9 Å². The highest BCUT2D eigenvalue weighted by Crippen LogP contribution is 2.55. The number of nitrogens with zero attached hydrogens (tertiary/aromatic N) is 1. The molecule has 0 aromatic carbocycles. The van der Waals surface area contributed by atoms with Crippen molar-refractivity contribution in [3.05, 3.63) is 0 Å². The van der Waals surface area contributed by atoms with Crippen LogP contribution in [0.2, 0.25) is 0 Å². The Morgan fingerprint density at radius 1 is 1.50 bits per heavy atom. The molecule has 2 fully saturated rings. The van der Waals surface area contributed by atoms with Gasteiger partial charge in [0, 0.05) is 12.6 Å². The molecule has 0 aromatic rings. The minimum atomic E-state index is -0.0657. The minimum absolute atomic E-state index is 0.0657. The summed E-state index contributed by atoms with van der Waals surface area (Å²) < 4.78 is 0. The van der Waals surface area contributed by atoms with Crippen LogP contribution in [0.25, 0.3) is 0 Å². The van der Waals surface area contributed by atoms with Crippen LogP contribution in [0.5, 0.6) is 0 Å². The van der Waals surface area contributed by atoms with Crippen LogP contribution in [0.1, 0.15) is 32.6 Å². The second-order valence-corrected chi connectivity index (χ2v) is 4.56. The fourth-order valence-electron chi connectivity index (χ4n) is 2.77. The molecule has 1 saturated carbocycles. The van der Waals surface area contributed by atoms with Crippen LogP contribution in [0.4, 0.5) is 0 Å². The maximum atomic E-state index is 9.51. The quantitative estimate of drug-likeness (QED) is 0.672. The van der Waals surface area contributed by atoms with Crippen LogP contribution in [-0.2, 0) is 0 Å². The Morgan fingerprint density at radius 2 is 2.17 bits per heavy atom. The van der Waals surface area contributed by atoms with Crippen LogP contribution >= 0.6 is 0 Å². The lowest BCUT2D eigenvalue weighted by Crippen LogP contribution is -2.33. The molecule has 70 valence electrons. The van der Waals surface area contributed by atoms with Crippen molar-refractivity contribution in [3.63, 3.8) is 0 Å². The van der Waals surface area contributed by atoms with E-state index in [0.717, 1.165) is 13.0 Å². The van der Waals surface area contributed by atoms with Gasteiger partial charge in [-0.15, -0.1) is 0 Å². The first-order valence-corrected chi connectivity index (χ1v) is 5.06. The van der Waals surface area contributed by atoms with E-state index in [4.69, 9.17) is 0 Å². The first-order valence-electron chi connectivity index (χ1n) is 5.06. The van der Waals surface area contributed by atoms with Crippen LogP contribution < -0.4 is 0 Å². The van der Waals surface area contributed by atoms with Crippen molar-refractivity contribution in [1.82, 2.24) is 4.90 Å². The first-order chi connectivity index (χ1) is 5.68. The van der Waals surface area contributed by atoms with Gasteiger partial charge < -0.3 is 10.0 Å². The summed E-state index contributed by atoms with van der Waals surface area (Å²) in [6.07, 6.45) is 4.99. The van der Waals surface area contributed by atoms with Gasteiger partial charge in [-0.2, -0.15) is 0 Å². The highest BCUT2D eigenvalue weighted by Gasteiger charge is 2.51. The van der Waals surface area contributed by atoms with E-state index in [-0.39, 0.29) is 6.10 Å². The van der Waals surface area contributed by atoms with E-state index in [0.29, 0.717) is 11.5 Å². The lowest BCUT2D eigenvalue weighted by molar-refractivity contribution is 0.182. The third-order valence-corrected chi connectivity index (χ3v) is 3.83. The van der Waals surface area contributed by atoms with E-state index in [9.17, 15) is 5.11 Å². The summed E-state index contributed by atoms with van der Waals surface area (Å²) in [5.74, 6) is 0. The number of likely N-dealkylation sites (tertiary alicyclic amines) is 1. The van der Waals surface area contributed by atoms with Gasteiger partial charge in [0.05, 0.1) is 6.10 Å². The molecule has 0 aromatic heterocycles. The van der Waals surface area contributed by atoms with Gasteiger partial charge in [0.15, 0.2) is 0 Å². The van der Waals surface area contributed by atoms with Crippen LogP contribution in [0.3, 0.4) is 0 Å². The molecule has 12 heavy (non-hydrogen) atoms. The summed E-state index contributed by atoms with van der Waals surface area (Å²) in [5.41, 5.74) is 0.590. The zero-order valence-corrected chi connectivity index (χ0v) is 8.08. The maximum absolute atomic E-state index is 9.51. The number of likely N-dealkylation sites (N-methyl/N-ethyl adjacent to an activating group) is 1. The monoisotopic (exact) mass is 169 g/mol. The van der Waals surface area contributed by atoms with Crippen molar-refractivity contribution in [2.45, 2.75) is 44.8 Å². The number of aliphatic hydroxyl groups excluding tert-OH is 1. The molecule has 2 atom stereocenters. The summed E-state index contributed by atoms with van der Waals surface area (Å²) >= 11 is 0. The fraction of sp³-hybridized carbons (Fsp3) is 1.00. The first kappa shape index (κ1) is 8.52. The smallest absolute Gasteiger partial charge is 0.0682 e. The van der Waals surface area contributed by atoms with Crippen LogP contribution in [0, 0.1) is 5.41 Å². The number of β-amino-alcohol motifs (C(OH)–C–C–N with tert-alkyl or cyclic N) is 1. The highest BCUT2D eigenvalue weighted by atomic mass is 16.3. The Balaban J connectivity index is 2.04. The van der Waals surface area contributed by atoms with Crippen molar-refractivity contribution in [3.8, 4) is 0 Å². The Morgan fingerprint density at radius 3 is 2.50 bits per heavy atom. The van der Waals surface area contributed by atoms with Gasteiger partial charge in [-0.1, -0.05) is 6.92 Å². The largest absolute Gasteiger partial charge is 0.392 e. The summed E-state index contributed by atoms with van der Waals surface area (Å²) in [7, 11) is 2.15. The van der Waals surface area contributed by atoms with Gasteiger partial charge in [-0.25, -0.2) is 0 Å². The topological polar surface area (TPSA) is 23.5 Å². The van der Waals surface area contributed by atoms with Crippen molar-refractivity contribution in [2.24, 2.45) is 5.41 Å². The average Bonchev–Trinajstić information content (AvgIpc) is 2.74. The Labute approximate surface area is 74.6 Å². The van der Waals surface area contributed by atoms with Crippen molar-refractivity contribution in [2.75, 3.05) is 13.6 Å². The molecule has 1 aliphatic carbocycles. The lowest BCUT2D eigenvalue weighted by atomic mass is 9.91. The molecule has 1 aliphatic heterocycles. The molecule has 2 heteroatoms. The predicted molar refractivity (Wildman–Crippen MR) is 49.0 cm³/mol. The summed E-state index contributed by atoms with van der Waals surface area (Å²) in [6, 6.07) is 0.664. The normalized spacial score (nSPS) is 40.2. The summed E-state index contributed by atoms with van der Waals surface area (Å²) in [6.45, 7) is 3.16. The van der Waals surface area contributed by atoms with Gasteiger partial charge in [-0.3, -0.25) is 0 Å². The molecule has 2 aliphatic rings. The Kier molecular flexibility index (Phi) is 1.92. The Bertz CT molecular complexity index is 177. The van der Waals surface area contributed by atoms with Gasteiger partial charge in [0.2, 0.25) is 0 Å². The van der Waals surface area contributed by atoms with E-state index in [1.165, 1.54) is 19.3 Å². The second kappa shape index (κ2) is 2.71. The molecule has 0 bridgehead atoms. The summed E-state index contributed by atoms with van der Waals surface area (Å²) in [4.78, 5) is 2.35. The molecule has 1 heterocycles. The standard InChI is InChI=1S/C10H19NO/c1-3-10(4-5-10)9-6-8(12)7-11(9)2/h8-9,12H,3-7H2,1-2H3. The third-order valence-electron chi connectivity index (χ3n) is 3.83. The number of aliphatic hydroxyl groups is 1. The van der Waals surface area contributed by atoms with Gasteiger partial charge in [0.25, 0.3) is 0 Å². The van der Waals surface area contributed by atoms with Gasteiger partial charge >= 0.3 is 0 Å². The van der Waals surface area contributed by atoms with E-state index in [1.54, 1.807) is 0 Å². The molecule has 2 unspecified atom stereocenters. The van der Waals surface area contributed by atoms with Gasteiger partial charge in [-0.05, 0) is 38.1 Å². The van der Waals surface area contributed by atoms with Crippen molar-refractivity contribution < 1.29 is 5.11 Å². The molecule has 1 saturated heterocycles. The second-order valence-electron chi connectivity index (χ2n) is 4.56. The van der Waals surface area contributed by atoms with Crippen LogP contribution in [0.15, 0.2) is 0 Å². The summed E-state index contributed by atoms with van der Waals surface area (Å²) in [5, 5.41) is 9.51. The maximum Gasteiger partial charge on any atom is 0.0682 e. The van der Waals surface area contributed by atoms with E-state index in [1.807, 2.05) is 0 Å². The van der Waals surface area contributed by atoms with Crippen LogP contribution in [-0.4, -0.2) is 35.7 Å². The molecule has 2 rings (SSSR count). The molecule has 0 radical (unpaired) electrons. The molecule has 2 nitrogen and oxygen atoms in total. The average molecular weight is 169 g/mol. The number of hydrogen-bond donors (Lipinski definition) is 1. The minimum Gasteiger partial charge on any atom is -0.392 e. The predicted octanol–water partition coefficient (Wildman–Crippen LogP) is 1.24. The number of rotatable bonds is 2.